The van der Waals surface area contributed by atoms with Crippen LogP contribution in [-0.4, -0.2) is 50.2 Å². The van der Waals surface area contributed by atoms with E-state index in [0.29, 0.717) is 5.69 Å². The molecule has 0 spiro atoms. The number of nitrogens with zero attached hydrogens (tertiary/aromatic N) is 2. The van der Waals surface area contributed by atoms with Gasteiger partial charge in [-0.3, -0.25) is 4.79 Å². The van der Waals surface area contributed by atoms with Crippen molar-refractivity contribution >= 4 is 11.9 Å². The highest BCUT2D eigenvalue weighted by Gasteiger charge is 2.40. The summed E-state index contributed by atoms with van der Waals surface area (Å²) in [4.78, 5) is 24.8. The lowest BCUT2D eigenvalue weighted by Gasteiger charge is -2.35. The number of aromatic nitrogens is 1. The van der Waals surface area contributed by atoms with Crippen LogP contribution >= 0.6 is 0 Å². The van der Waals surface area contributed by atoms with Crippen molar-refractivity contribution in [1.82, 2.24) is 9.47 Å². The van der Waals surface area contributed by atoms with E-state index in [2.05, 4.69) is 0 Å². The molecule has 2 heterocycles. The summed E-state index contributed by atoms with van der Waals surface area (Å²) >= 11 is 0. The number of carboxylic acid groups (broad SMARTS) is 1. The zero-order valence-electron chi connectivity index (χ0n) is 11.1. The number of amides is 1. The fourth-order valence-corrected chi connectivity index (χ4v) is 2.28. The first kappa shape index (κ1) is 13.6. The molecule has 0 bridgehead atoms. The van der Waals surface area contributed by atoms with E-state index in [1.807, 2.05) is 20.0 Å². The second kappa shape index (κ2) is 4.70. The van der Waals surface area contributed by atoms with E-state index in [0.717, 1.165) is 5.69 Å². The molecule has 1 saturated heterocycles. The zero-order chi connectivity index (χ0) is 14.2. The van der Waals surface area contributed by atoms with Gasteiger partial charge in [-0.15, -0.1) is 0 Å². The van der Waals surface area contributed by atoms with Crippen molar-refractivity contribution in [2.75, 3.05) is 13.1 Å². The lowest BCUT2D eigenvalue weighted by atomic mass is 9.91. The number of carbonyl (C=O) groups excluding carboxylic acids is 1. The van der Waals surface area contributed by atoms with Gasteiger partial charge in [-0.25, -0.2) is 4.79 Å². The van der Waals surface area contributed by atoms with Crippen LogP contribution in [0.25, 0.3) is 0 Å². The van der Waals surface area contributed by atoms with Crippen molar-refractivity contribution in [2.45, 2.75) is 25.4 Å². The number of hydrogen-bond acceptors (Lipinski definition) is 3. The molecule has 0 radical (unpaired) electrons. The maximum atomic E-state index is 12.3. The van der Waals surface area contributed by atoms with Gasteiger partial charge in [0.05, 0.1) is 0 Å². The van der Waals surface area contributed by atoms with Gasteiger partial charge in [-0.05, 0) is 19.1 Å². The largest absolute Gasteiger partial charge is 0.479 e. The Morgan fingerprint density at radius 3 is 2.26 bits per heavy atom. The van der Waals surface area contributed by atoms with Gasteiger partial charge in [-0.1, -0.05) is 0 Å². The molecule has 0 aliphatic carbocycles. The number of rotatable bonds is 2. The van der Waals surface area contributed by atoms with Gasteiger partial charge in [0, 0.05) is 38.7 Å². The van der Waals surface area contributed by atoms with E-state index in [9.17, 15) is 14.7 Å². The number of piperidine rings is 1. The molecule has 0 aromatic carbocycles. The number of aryl methyl sites for hydroxylation is 1. The first-order chi connectivity index (χ1) is 8.85. The quantitative estimate of drug-likeness (QED) is 0.811. The van der Waals surface area contributed by atoms with Crippen LogP contribution in [0.2, 0.25) is 0 Å². The molecule has 0 saturated carbocycles. The summed E-state index contributed by atoms with van der Waals surface area (Å²) in [6.45, 7) is 2.42. The molecular formula is C13H18N2O4. The lowest BCUT2D eigenvalue weighted by molar-refractivity contribution is -0.162. The van der Waals surface area contributed by atoms with Crippen molar-refractivity contribution < 1.29 is 19.8 Å². The van der Waals surface area contributed by atoms with Gasteiger partial charge in [0.25, 0.3) is 5.91 Å². The number of hydrogen-bond donors (Lipinski definition) is 2. The maximum Gasteiger partial charge on any atom is 0.335 e. The fraction of sp³-hybridized carbons (Fsp3) is 0.538. The van der Waals surface area contributed by atoms with E-state index in [1.165, 1.54) is 0 Å². The molecule has 1 aromatic rings. The molecule has 1 aromatic heterocycles. The van der Waals surface area contributed by atoms with Crippen LogP contribution in [0.5, 0.6) is 0 Å². The topological polar surface area (TPSA) is 82.8 Å². The van der Waals surface area contributed by atoms with Crippen LogP contribution < -0.4 is 0 Å². The number of carboxylic acids is 1. The third-order valence-corrected chi connectivity index (χ3v) is 3.87. The second-order valence-electron chi connectivity index (χ2n) is 5.05. The van der Waals surface area contributed by atoms with Gasteiger partial charge < -0.3 is 19.7 Å². The molecule has 2 rings (SSSR count). The zero-order valence-corrected chi connectivity index (χ0v) is 11.1. The summed E-state index contributed by atoms with van der Waals surface area (Å²) in [6, 6.07) is 3.63. The Balaban J connectivity index is 2.08. The summed E-state index contributed by atoms with van der Waals surface area (Å²) in [5.74, 6) is -1.34. The van der Waals surface area contributed by atoms with Gasteiger partial charge >= 0.3 is 5.97 Å². The molecule has 0 unspecified atom stereocenters. The van der Waals surface area contributed by atoms with Crippen LogP contribution in [0.3, 0.4) is 0 Å². The Bertz CT molecular complexity index is 513. The highest BCUT2D eigenvalue weighted by molar-refractivity contribution is 5.93. The summed E-state index contributed by atoms with van der Waals surface area (Å²) < 4.78 is 1.81. The monoisotopic (exact) mass is 266 g/mol. The van der Waals surface area contributed by atoms with E-state index in [-0.39, 0.29) is 31.8 Å². The molecule has 104 valence electrons. The van der Waals surface area contributed by atoms with Gasteiger partial charge in [0.15, 0.2) is 5.60 Å². The summed E-state index contributed by atoms with van der Waals surface area (Å²) in [7, 11) is 1.82. The molecule has 19 heavy (non-hydrogen) atoms. The predicted octanol–water partition coefficient (Wildman–Crippen LogP) is 0.385. The van der Waals surface area contributed by atoms with Gasteiger partial charge in [-0.2, -0.15) is 0 Å². The number of carbonyl (C=O) groups is 2. The van der Waals surface area contributed by atoms with Crippen LogP contribution in [0.15, 0.2) is 12.1 Å². The van der Waals surface area contributed by atoms with Crippen molar-refractivity contribution in [1.29, 1.82) is 0 Å². The van der Waals surface area contributed by atoms with E-state index in [1.54, 1.807) is 15.5 Å². The van der Waals surface area contributed by atoms with Crippen molar-refractivity contribution in [3.63, 3.8) is 0 Å². The third kappa shape index (κ3) is 2.35. The van der Waals surface area contributed by atoms with Gasteiger partial charge in [0.1, 0.15) is 5.69 Å². The number of aliphatic carboxylic acids is 1. The molecule has 1 aliphatic heterocycles. The van der Waals surface area contributed by atoms with Crippen LogP contribution in [0, 0.1) is 6.92 Å². The minimum Gasteiger partial charge on any atom is -0.479 e. The fourth-order valence-electron chi connectivity index (χ4n) is 2.28. The summed E-state index contributed by atoms with van der Waals surface area (Å²) in [5.41, 5.74) is -0.123. The molecule has 2 N–H and O–H groups in total. The Kier molecular flexibility index (Phi) is 3.36. The second-order valence-corrected chi connectivity index (χ2v) is 5.05. The predicted molar refractivity (Wildman–Crippen MR) is 67.9 cm³/mol. The van der Waals surface area contributed by atoms with Crippen molar-refractivity contribution in [2.24, 2.45) is 7.05 Å². The minimum absolute atomic E-state index is 0.0669. The Labute approximate surface area is 111 Å². The minimum atomic E-state index is -1.69. The van der Waals surface area contributed by atoms with E-state index in [4.69, 9.17) is 5.11 Å². The Morgan fingerprint density at radius 1 is 1.26 bits per heavy atom. The Morgan fingerprint density at radius 2 is 1.84 bits per heavy atom. The third-order valence-electron chi connectivity index (χ3n) is 3.87. The molecule has 1 amide bonds. The van der Waals surface area contributed by atoms with Crippen LogP contribution in [0.4, 0.5) is 0 Å². The summed E-state index contributed by atoms with van der Waals surface area (Å²) in [6.07, 6.45) is 0.134. The number of likely N-dealkylation sites (tertiary alicyclic amines) is 1. The normalized spacial score (nSPS) is 18.4. The summed E-state index contributed by atoms with van der Waals surface area (Å²) in [5, 5.41) is 18.8. The molecule has 1 fully saturated rings. The molecule has 1 aliphatic rings. The SMILES string of the molecule is Cc1ccc(C(=O)N2CCC(O)(C(=O)O)CC2)n1C. The first-order valence-corrected chi connectivity index (χ1v) is 6.22. The average molecular weight is 266 g/mol. The van der Waals surface area contributed by atoms with Crippen molar-refractivity contribution in [3.05, 3.63) is 23.5 Å². The van der Waals surface area contributed by atoms with Gasteiger partial charge in [0.2, 0.25) is 0 Å². The smallest absolute Gasteiger partial charge is 0.335 e. The lowest BCUT2D eigenvalue weighted by Crippen LogP contribution is -2.51. The van der Waals surface area contributed by atoms with Crippen LogP contribution in [0.1, 0.15) is 29.0 Å². The average Bonchev–Trinajstić information content (AvgIpc) is 2.70. The van der Waals surface area contributed by atoms with Crippen molar-refractivity contribution in [3.8, 4) is 0 Å². The highest BCUT2D eigenvalue weighted by Crippen LogP contribution is 2.23. The number of aliphatic hydroxyl groups is 1. The van der Waals surface area contributed by atoms with E-state index < -0.39 is 11.6 Å². The molecule has 0 atom stereocenters. The highest BCUT2D eigenvalue weighted by atomic mass is 16.4. The molecular weight excluding hydrogens is 248 g/mol. The first-order valence-electron chi connectivity index (χ1n) is 6.22. The standard InChI is InChI=1S/C13H18N2O4/c1-9-3-4-10(14(9)2)11(16)15-7-5-13(19,6-8-15)12(17)18/h3-4,19H,5-8H2,1-2H3,(H,17,18). The molecule has 6 heteroatoms. The van der Waals surface area contributed by atoms with Crippen LogP contribution in [-0.2, 0) is 11.8 Å². The molecule has 6 nitrogen and oxygen atoms in total. The Hall–Kier alpha value is -1.82. The van der Waals surface area contributed by atoms with E-state index >= 15 is 0 Å². The maximum absolute atomic E-state index is 12.3.